The number of piperazine rings is 1. The second-order valence-corrected chi connectivity index (χ2v) is 6.32. The lowest BCUT2D eigenvalue weighted by Crippen LogP contribution is -2.60. The number of hydrogen-bond donors (Lipinski definition) is 1. The van der Waals surface area contributed by atoms with Crippen LogP contribution in [-0.4, -0.2) is 49.3 Å². The summed E-state index contributed by atoms with van der Waals surface area (Å²) in [4.78, 5) is 2.59. The normalized spacial score (nSPS) is 25.6. The Morgan fingerprint density at radius 3 is 2.58 bits per heavy atom. The Balaban J connectivity index is 1.67. The summed E-state index contributed by atoms with van der Waals surface area (Å²) in [5.41, 5.74) is 0.350. The maximum atomic E-state index is 6.06. The molecule has 1 saturated carbocycles. The maximum absolute atomic E-state index is 6.06. The highest BCUT2D eigenvalue weighted by Gasteiger charge is 2.31. The summed E-state index contributed by atoms with van der Waals surface area (Å²) in [7, 11) is 0. The van der Waals surface area contributed by atoms with Gasteiger partial charge in [-0.15, -0.1) is 0 Å². The summed E-state index contributed by atoms with van der Waals surface area (Å²) in [5, 5.41) is 3.72. The van der Waals surface area contributed by atoms with E-state index in [9.17, 15) is 0 Å². The van der Waals surface area contributed by atoms with Crippen molar-refractivity contribution in [2.45, 2.75) is 70.4 Å². The summed E-state index contributed by atoms with van der Waals surface area (Å²) < 4.78 is 6.06. The Morgan fingerprint density at radius 1 is 1.16 bits per heavy atom. The molecule has 0 amide bonds. The largest absolute Gasteiger partial charge is 0.377 e. The van der Waals surface area contributed by atoms with Gasteiger partial charge in [-0.1, -0.05) is 33.1 Å². The Morgan fingerprint density at radius 2 is 1.89 bits per heavy atom. The van der Waals surface area contributed by atoms with Crippen molar-refractivity contribution in [3.63, 3.8) is 0 Å². The van der Waals surface area contributed by atoms with Crippen LogP contribution in [0.15, 0.2) is 0 Å². The molecule has 1 heterocycles. The van der Waals surface area contributed by atoms with E-state index in [0.717, 1.165) is 19.7 Å². The molecule has 2 fully saturated rings. The minimum Gasteiger partial charge on any atom is -0.377 e. The number of rotatable bonds is 6. The summed E-state index contributed by atoms with van der Waals surface area (Å²) in [6.45, 7) is 10.1. The van der Waals surface area contributed by atoms with Gasteiger partial charge in [0.1, 0.15) is 0 Å². The third kappa shape index (κ3) is 4.44. The molecule has 0 radical (unpaired) electrons. The van der Waals surface area contributed by atoms with Gasteiger partial charge in [0, 0.05) is 31.7 Å². The molecule has 2 aliphatic rings. The van der Waals surface area contributed by atoms with Gasteiger partial charge in [-0.2, -0.15) is 0 Å². The predicted molar refractivity (Wildman–Crippen MR) is 80.6 cm³/mol. The zero-order chi connectivity index (χ0) is 13.6. The summed E-state index contributed by atoms with van der Waals surface area (Å²) in [6.07, 6.45) is 9.73. The van der Waals surface area contributed by atoms with Crippen molar-refractivity contribution in [2.24, 2.45) is 0 Å². The van der Waals surface area contributed by atoms with Crippen LogP contribution in [0.2, 0.25) is 0 Å². The third-order valence-corrected chi connectivity index (χ3v) is 5.12. The number of nitrogens with one attached hydrogen (secondary N) is 1. The van der Waals surface area contributed by atoms with Crippen molar-refractivity contribution in [1.82, 2.24) is 10.2 Å². The average molecular weight is 268 g/mol. The molecule has 0 aromatic carbocycles. The first-order chi connectivity index (χ1) is 9.28. The minimum absolute atomic E-state index is 0.350. The summed E-state index contributed by atoms with van der Waals surface area (Å²) >= 11 is 0. The van der Waals surface area contributed by atoms with Crippen LogP contribution in [0, 0.1) is 0 Å². The Labute approximate surface area is 119 Å². The van der Waals surface area contributed by atoms with Crippen LogP contribution in [0.4, 0.5) is 0 Å². The van der Waals surface area contributed by atoms with Crippen molar-refractivity contribution in [3.05, 3.63) is 0 Å². The van der Waals surface area contributed by atoms with Gasteiger partial charge in [-0.05, 0) is 25.7 Å². The molecule has 1 saturated heterocycles. The van der Waals surface area contributed by atoms with Gasteiger partial charge in [0.2, 0.25) is 0 Å². The van der Waals surface area contributed by atoms with Crippen LogP contribution >= 0.6 is 0 Å². The van der Waals surface area contributed by atoms with E-state index < -0.39 is 0 Å². The molecule has 1 aliphatic heterocycles. The average Bonchev–Trinajstić information content (AvgIpc) is 2.48. The van der Waals surface area contributed by atoms with Crippen molar-refractivity contribution in [2.75, 3.05) is 32.8 Å². The fraction of sp³-hybridized carbons (Fsp3) is 1.00. The lowest BCUT2D eigenvalue weighted by Gasteiger charge is -2.43. The number of ether oxygens (including phenoxy) is 1. The van der Waals surface area contributed by atoms with Crippen LogP contribution in [0.25, 0.3) is 0 Å². The summed E-state index contributed by atoms with van der Waals surface area (Å²) in [6, 6.07) is 0. The van der Waals surface area contributed by atoms with Gasteiger partial charge in [0.15, 0.2) is 0 Å². The lowest BCUT2D eigenvalue weighted by molar-refractivity contribution is 0.00715. The fourth-order valence-corrected chi connectivity index (χ4v) is 3.54. The van der Waals surface area contributed by atoms with E-state index in [4.69, 9.17) is 4.74 Å². The highest BCUT2D eigenvalue weighted by molar-refractivity contribution is 4.92. The van der Waals surface area contributed by atoms with Crippen LogP contribution in [0.3, 0.4) is 0 Å². The molecule has 1 aliphatic carbocycles. The van der Waals surface area contributed by atoms with Crippen LogP contribution < -0.4 is 5.32 Å². The highest BCUT2D eigenvalue weighted by atomic mass is 16.5. The van der Waals surface area contributed by atoms with E-state index in [0.29, 0.717) is 11.6 Å². The van der Waals surface area contributed by atoms with Gasteiger partial charge >= 0.3 is 0 Å². The molecule has 3 nitrogen and oxygen atoms in total. The molecule has 19 heavy (non-hydrogen) atoms. The van der Waals surface area contributed by atoms with Crippen LogP contribution in [0.5, 0.6) is 0 Å². The van der Waals surface area contributed by atoms with E-state index in [1.165, 1.54) is 58.0 Å². The van der Waals surface area contributed by atoms with Crippen molar-refractivity contribution in [3.8, 4) is 0 Å². The van der Waals surface area contributed by atoms with Crippen LogP contribution in [0.1, 0.15) is 58.8 Å². The molecule has 0 aromatic rings. The summed E-state index contributed by atoms with van der Waals surface area (Å²) in [5.74, 6) is 0. The van der Waals surface area contributed by atoms with Gasteiger partial charge in [0.05, 0.1) is 12.7 Å². The molecule has 1 N–H and O–H groups in total. The fourth-order valence-electron chi connectivity index (χ4n) is 3.54. The van der Waals surface area contributed by atoms with Gasteiger partial charge < -0.3 is 10.1 Å². The smallest absolute Gasteiger partial charge is 0.0597 e. The quantitative estimate of drug-likeness (QED) is 0.801. The SMILES string of the molecule is CCC1(CC)CN(CCOC2CCCCC2)CCN1. The molecular weight excluding hydrogens is 236 g/mol. The topological polar surface area (TPSA) is 24.5 Å². The Kier molecular flexibility index (Phi) is 6.11. The molecule has 0 aromatic heterocycles. The third-order valence-electron chi connectivity index (χ3n) is 5.12. The first-order valence-electron chi connectivity index (χ1n) is 8.37. The van der Waals surface area contributed by atoms with E-state index in [-0.39, 0.29) is 0 Å². The molecular formula is C16H32N2O. The van der Waals surface area contributed by atoms with Crippen molar-refractivity contribution >= 4 is 0 Å². The van der Waals surface area contributed by atoms with E-state index >= 15 is 0 Å². The van der Waals surface area contributed by atoms with Gasteiger partial charge in [-0.3, -0.25) is 4.90 Å². The zero-order valence-corrected chi connectivity index (χ0v) is 12.9. The Hall–Kier alpha value is -0.120. The first-order valence-corrected chi connectivity index (χ1v) is 8.37. The maximum Gasteiger partial charge on any atom is 0.0597 e. The van der Waals surface area contributed by atoms with E-state index in [1.54, 1.807) is 0 Å². The molecule has 2 rings (SSSR count). The second kappa shape index (κ2) is 7.61. The monoisotopic (exact) mass is 268 g/mol. The van der Waals surface area contributed by atoms with Crippen LogP contribution in [-0.2, 0) is 4.74 Å². The Bertz CT molecular complexity index is 247. The van der Waals surface area contributed by atoms with Gasteiger partial charge in [-0.25, -0.2) is 0 Å². The predicted octanol–water partition coefficient (Wildman–Crippen LogP) is 2.80. The van der Waals surface area contributed by atoms with Crippen molar-refractivity contribution in [1.29, 1.82) is 0 Å². The van der Waals surface area contributed by atoms with E-state index in [1.807, 2.05) is 0 Å². The lowest BCUT2D eigenvalue weighted by atomic mass is 9.90. The molecule has 0 bridgehead atoms. The number of nitrogens with zero attached hydrogens (tertiary/aromatic N) is 1. The molecule has 112 valence electrons. The van der Waals surface area contributed by atoms with Crippen molar-refractivity contribution < 1.29 is 4.74 Å². The molecule has 0 unspecified atom stereocenters. The number of hydrogen-bond acceptors (Lipinski definition) is 3. The molecule has 0 atom stereocenters. The van der Waals surface area contributed by atoms with Gasteiger partial charge in [0.25, 0.3) is 0 Å². The van der Waals surface area contributed by atoms with E-state index in [2.05, 4.69) is 24.1 Å². The minimum atomic E-state index is 0.350. The first kappa shape index (κ1) is 15.3. The molecule has 3 heteroatoms. The molecule has 0 spiro atoms. The highest BCUT2D eigenvalue weighted by Crippen LogP contribution is 2.21. The zero-order valence-electron chi connectivity index (χ0n) is 12.9. The second-order valence-electron chi connectivity index (χ2n) is 6.32. The standard InChI is InChI=1S/C16H32N2O/c1-3-16(4-2)14-18(11-10-17-16)12-13-19-15-8-6-5-7-9-15/h15,17H,3-14H2,1-2H3.